The third-order valence-corrected chi connectivity index (χ3v) is 4.49. The first-order valence-electron chi connectivity index (χ1n) is 5.31. The summed E-state index contributed by atoms with van der Waals surface area (Å²) in [5.41, 5.74) is 1.49. The van der Waals surface area contributed by atoms with Crippen LogP contribution in [-0.2, 0) is 6.42 Å². The molecule has 0 bridgehead atoms. The molecule has 18 heavy (non-hydrogen) atoms. The Labute approximate surface area is 112 Å². The minimum atomic E-state index is -1.00. The standard InChI is InChI=1S/C12H8ClNO3S/c13-8-6-3-5-17-7-2-1-4-14-9(7)10(6)18-11(8)12(15)16/h1-2,4H,3,5H2,(H,15,16). The number of thiophene rings is 1. The van der Waals surface area contributed by atoms with Crippen molar-refractivity contribution in [2.75, 3.05) is 6.61 Å². The highest BCUT2D eigenvalue weighted by Gasteiger charge is 2.26. The molecule has 4 nitrogen and oxygen atoms in total. The minimum absolute atomic E-state index is 0.167. The van der Waals surface area contributed by atoms with Gasteiger partial charge in [-0.2, -0.15) is 0 Å². The summed E-state index contributed by atoms with van der Waals surface area (Å²) in [5, 5.41) is 9.42. The third-order valence-electron chi connectivity index (χ3n) is 2.73. The summed E-state index contributed by atoms with van der Waals surface area (Å²) in [6.07, 6.45) is 2.25. The van der Waals surface area contributed by atoms with E-state index in [1.165, 1.54) is 0 Å². The van der Waals surface area contributed by atoms with E-state index in [1.807, 2.05) is 6.07 Å². The smallest absolute Gasteiger partial charge is 0.347 e. The molecule has 0 saturated heterocycles. The third kappa shape index (κ3) is 1.67. The first-order chi connectivity index (χ1) is 8.68. The van der Waals surface area contributed by atoms with Gasteiger partial charge in [0.15, 0.2) is 0 Å². The van der Waals surface area contributed by atoms with Crippen LogP contribution in [0.4, 0.5) is 0 Å². The van der Waals surface area contributed by atoms with Crippen molar-refractivity contribution in [2.45, 2.75) is 6.42 Å². The fourth-order valence-electron chi connectivity index (χ4n) is 1.94. The van der Waals surface area contributed by atoms with Crippen molar-refractivity contribution in [1.29, 1.82) is 0 Å². The maximum atomic E-state index is 11.1. The van der Waals surface area contributed by atoms with Gasteiger partial charge in [0.25, 0.3) is 0 Å². The summed E-state index contributed by atoms with van der Waals surface area (Å²) in [4.78, 5) is 16.3. The Hall–Kier alpha value is -1.59. The summed E-state index contributed by atoms with van der Waals surface area (Å²) in [5.74, 6) is -0.331. The highest BCUT2D eigenvalue weighted by molar-refractivity contribution is 7.18. The van der Waals surface area contributed by atoms with Crippen LogP contribution in [0.15, 0.2) is 18.3 Å². The van der Waals surface area contributed by atoms with E-state index in [-0.39, 0.29) is 4.88 Å². The first kappa shape index (κ1) is 11.5. The minimum Gasteiger partial charge on any atom is -0.491 e. The number of carboxylic acids is 1. The second-order valence-electron chi connectivity index (χ2n) is 3.81. The molecular formula is C12H8ClNO3S. The second kappa shape index (κ2) is 4.26. The van der Waals surface area contributed by atoms with E-state index in [4.69, 9.17) is 21.4 Å². The molecule has 0 fully saturated rings. The largest absolute Gasteiger partial charge is 0.491 e. The van der Waals surface area contributed by atoms with Gasteiger partial charge in [-0.05, 0) is 17.7 Å². The van der Waals surface area contributed by atoms with Gasteiger partial charge in [-0.25, -0.2) is 4.79 Å². The van der Waals surface area contributed by atoms with Gasteiger partial charge in [-0.15, -0.1) is 11.3 Å². The van der Waals surface area contributed by atoms with Crippen LogP contribution in [0.3, 0.4) is 0 Å². The molecule has 1 aliphatic rings. The van der Waals surface area contributed by atoms with E-state index in [9.17, 15) is 4.79 Å². The molecule has 2 aromatic rings. The highest BCUT2D eigenvalue weighted by Crippen LogP contribution is 2.43. The van der Waals surface area contributed by atoms with Crippen LogP contribution < -0.4 is 4.74 Å². The Morgan fingerprint density at radius 1 is 1.56 bits per heavy atom. The number of ether oxygens (including phenoxy) is 1. The van der Waals surface area contributed by atoms with Crippen molar-refractivity contribution in [3.05, 3.63) is 33.8 Å². The monoisotopic (exact) mass is 281 g/mol. The number of hydrogen-bond donors (Lipinski definition) is 1. The molecule has 0 aromatic carbocycles. The number of rotatable bonds is 1. The average Bonchev–Trinajstić information content (AvgIpc) is 2.57. The van der Waals surface area contributed by atoms with E-state index in [2.05, 4.69) is 4.98 Å². The Morgan fingerprint density at radius 3 is 3.17 bits per heavy atom. The number of fused-ring (bicyclic) bond motifs is 3. The van der Waals surface area contributed by atoms with Crippen molar-refractivity contribution in [1.82, 2.24) is 4.98 Å². The van der Waals surface area contributed by atoms with Gasteiger partial charge in [0.1, 0.15) is 16.3 Å². The number of aromatic nitrogens is 1. The Morgan fingerprint density at radius 2 is 2.39 bits per heavy atom. The molecular weight excluding hydrogens is 274 g/mol. The van der Waals surface area contributed by atoms with E-state index in [0.29, 0.717) is 29.5 Å². The lowest BCUT2D eigenvalue weighted by Crippen LogP contribution is -2.00. The topological polar surface area (TPSA) is 59.4 Å². The van der Waals surface area contributed by atoms with Crippen molar-refractivity contribution >= 4 is 28.9 Å². The summed E-state index contributed by atoms with van der Waals surface area (Å²) in [7, 11) is 0. The molecule has 0 atom stereocenters. The molecule has 0 amide bonds. The molecule has 3 rings (SSSR count). The van der Waals surface area contributed by atoms with Gasteiger partial charge in [-0.1, -0.05) is 11.6 Å². The van der Waals surface area contributed by atoms with Gasteiger partial charge in [0, 0.05) is 12.6 Å². The number of halogens is 1. The van der Waals surface area contributed by atoms with E-state index in [0.717, 1.165) is 21.8 Å². The number of pyridine rings is 1. The summed E-state index contributed by atoms with van der Waals surface area (Å²) in [6, 6.07) is 3.61. The van der Waals surface area contributed by atoms with E-state index >= 15 is 0 Å². The molecule has 92 valence electrons. The molecule has 0 radical (unpaired) electrons. The molecule has 6 heteroatoms. The fraction of sp³-hybridized carbons (Fsp3) is 0.167. The van der Waals surface area contributed by atoms with Gasteiger partial charge in [-0.3, -0.25) is 4.98 Å². The second-order valence-corrected chi connectivity index (χ2v) is 5.21. The zero-order chi connectivity index (χ0) is 12.7. The predicted octanol–water partition coefficient (Wildman–Crippen LogP) is 3.10. The quantitative estimate of drug-likeness (QED) is 0.872. The van der Waals surface area contributed by atoms with Gasteiger partial charge in [0.05, 0.1) is 16.5 Å². The molecule has 1 N–H and O–H groups in total. The summed E-state index contributed by atoms with van der Waals surface area (Å²) < 4.78 is 5.58. The van der Waals surface area contributed by atoms with Gasteiger partial charge < -0.3 is 9.84 Å². The van der Waals surface area contributed by atoms with E-state index in [1.54, 1.807) is 12.3 Å². The van der Waals surface area contributed by atoms with E-state index < -0.39 is 5.97 Å². The molecule has 0 aliphatic carbocycles. The van der Waals surface area contributed by atoms with Crippen LogP contribution in [-0.4, -0.2) is 22.7 Å². The maximum absolute atomic E-state index is 11.1. The molecule has 0 unspecified atom stereocenters. The van der Waals surface area contributed by atoms with Crippen LogP contribution in [0.25, 0.3) is 10.6 Å². The Balaban J connectivity index is 2.27. The normalized spacial score (nSPS) is 13.2. The SMILES string of the molecule is O=C(O)c1sc2c(c1Cl)CCOc1cccnc1-2. The lowest BCUT2D eigenvalue weighted by Gasteiger charge is -2.04. The molecule has 0 saturated carbocycles. The first-order valence-corrected chi connectivity index (χ1v) is 6.50. The van der Waals surface area contributed by atoms with Crippen molar-refractivity contribution in [2.24, 2.45) is 0 Å². The van der Waals surface area contributed by atoms with Crippen LogP contribution >= 0.6 is 22.9 Å². The lowest BCUT2D eigenvalue weighted by atomic mass is 10.1. The summed E-state index contributed by atoms with van der Waals surface area (Å²) >= 11 is 7.27. The maximum Gasteiger partial charge on any atom is 0.347 e. The highest BCUT2D eigenvalue weighted by atomic mass is 35.5. The molecule has 2 aromatic heterocycles. The average molecular weight is 282 g/mol. The summed E-state index contributed by atoms with van der Waals surface area (Å²) in [6.45, 7) is 0.473. The van der Waals surface area contributed by atoms with Gasteiger partial charge in [0.2, 0.25) is 0 Å². The van der Waals surface area contributed by atoms with Crippen molar-refractivity contribution in [3.63, 3.8) is 0 Å². The fourth-order valence-corrected chi connectivity index (χ4v) is 3.46. The van der Waals surface area contributed by atoms with Crippen LogP contribution in [0.2, 0.25) is 5.02 Å². The predicted molar refractivity (Wildman–Crippen MR) is 68.7 cm³/mol. The van der Waals surface area contributed by atoms with Crippen molar-refractivity contribution in [3.8, 4) is 16.3 Å². The number of carbonyl (C=O) groups is 1. The number of hydrogen-bond acceptors (Lipinski definition) is 4. The Bertz CT molecular complexity index is 638. The Kier molecular flexibility index (Phi) is 2.72. The number of nitrogens with zero attached hydrogens (tertiary/aromatic N) is 1. The van der Waals surface area contributed by atoms with Gasteiger partial charge >= 0.3 is 5.97 Å². The number of aromatic carboxylic acids is 1. The zero-order valence-electron chi connectivity index (χ0n) is 9.14. The van der Waals surface area contributed by atoms with Crippen LogP contribution in [0.5, 0.6) is 5.75 Å². The molecule has 1 aliphatic heterocycles. The zero-order valence-corrected chi connectivity index (χ0v) is 10.7. The lowest BCUT2D eigenvalue weighted by molar-refractivity contribution is 0.0702. The van der Waals surface area contributed by atoms with Crippen LogP contribution in [0.1, 0.15) is 15.2 Å². The number of carboxylic acid groups (broad SMARTS) is 1. The van der Waals surface area contributed by atoms with Crippen molar-refractivity contribution < 1.29 is 14.6 Å². The molecule has 0 spiro atoms. The molecule has 3 heterocycles. The van der Waals surface area contributed by atoms with Crippen LogP contribution in [0, 0.1) is 0 Å².